The van der Waals surface area contributed by atoms with Gasteiger partial charge in [0.05, 0.1) is 25.6 Å². The number of nitrogens with zero attached hydrogens (tertiary/aromatic N) is 2. The zero-order valence-corrected chi connectivity index (χ0v) is 15.0. The lowest BCUT2D eigenvalue weighted by molar-refractivity contribution is -0.0606. The molecule has 0 radical (unpaired) electrons. The fourth-order valence-electron chi connectivity index (χ4n) is 4.02. The normalized spacial score (nSPS) is 25.3. The third-order valence-corrected chi connectivity index (χ3v) is 5.52. The van der Waals surface area contributed by atoms with E-state index < -0.39 is 0 Å². The summed E-state index contributed by atoms with van der Waals surface area (Å²) in [6.07, 6.45) is 7.01. The number of piperidine rings is 1. The zero-order chi connectivity index (χ0) is 18.0. The summed E-state index contributed by atoms with van der Waals surface area (Å²) in [5, 5.41) is 0. The van der Waals surface area contributed by atoms with Gasteiger partial charge in [0.25, 0.3) is 5.91 Å². The van der Waals surface area contributed by atoms with Gasteiger partial charge in [-0.1, -0.05) is 0 Å². The highest BCUT2D eigenvalue weighted by atomic mass is 16.5. The predicted octanol–water partition coefficient (Wildman–Crippen LogP) is 2.82. The quantitative estimate of drug-likeness (QED) is 0.824. The van der Waals surface area contributed by atoms with Gasteiger partial charge in [0.15, 0.2) is 5.76 Å². The van der Waals surface area contributed by atoms with Crippen molar-refractivity contribution in [3.63, 3.8) is 0 Å². The molecule has 1 amide bonds. The van der Waals surface area contributed by atoms with Crippen molar-refractivity contribution >= 4 is 5.91 Å². The average molecular weight is 356 g/mol. The highest BCUT2D eigenvalue weighted by Gasteiger charge is 2.49. The Labute approximate surface area is 153 Å². The minimum atomic E-state index is -0.137. The van der Waals surface area contributed by atoms with Crippen LogP contribution in [-0.4, -0.2) is 48.2 Å². The summed E-state index contributed by atoms with van der Waals surface area (Å²) in [4.78, 5) is 18.8. The van der Waals surface area contributed by atoms with Gasteiger partial charge in [-0.2, -0.15) is 0 Å². The Hall–Kier alpha value is -2.18. The molecule has 2 aliphatic rings. The van der Waals surface area contributed by atoms with E-state index in [1.807, 2.05) is 30.0 Å². The maximum Gasteiger partial charge on any atom is 0.289 e. The van der Waals surface area contributed by atoms with Crippen molar-refractivity contribution in [2.75, 3.05) is 26.3 Å². The van der Waals surface area contributed by atoms with E-state index >= 15 is 0 Å². The van der Waals surface area contributed by atoms with Crippen LogP contribution in [0.3, 0.4) is 0 Å². The zero-order valence-electron chi connectivity index (χ0n) is 15.0. The first-order chi connectivity index (χ1) is 12.7. The van der Waals surface area contributed by atoms with Crippen LogP contribution in [0.2, 0.25) is 0 Å². The molecule has 2 aliphatic heterocycles. The van der Waals surface area contributed by atoms with Crippen LogP contribution in [0.1, 0.15) is 34.5 Å². The monoisotopic (exact) mass is 356 g/mol. The second-order valence-corrected chi connectivity index (χ2v) is 7.27. The number of aryl methyl sites for hydroxylation is 1. The van der Waals surface area contributed by atoms with Crippen molar-refractivity contribution in [2.24, 2.45) is 5.41 Å². The molecule has 6 heteroatoms. The Kier molecular flexibility index (Phi) is 4.78. The summed E-state index contributed by atoms with van der Waals surface area (Å²) >= 11 is 0. The Morgan fingerprint density at radius 3 is 3.00 bits per heavy atom. The van der Waals surface area contributed by atoms with Crippen molar-refractivity contribution in [1.82, 2.24) is 9.88 Å². The van der Waals surface area contributed by atoms with Gasteiger partial charge in [0, 0.05) is 43.1 Å². The molecular formula is C20H24N2O4. The van der Waals surface area contributed by atoms with Crippen molar-refractivity contribution in [1.29, 1.82) is 0 Å². The third kappa shape index (κ3) is 3.27. The first-order valence-corrected chi connectivity index (χ1v) is 9.10. The molecule has 0 aliphatic carbocycles. The summed E-state index contributed by atoms with van der Waals surface area (Å²) in [5.41, 5.74) is 1.84. The van der Waals surface area contributed by atoms with Crippen LogP contribution in [0, 0.1) is 12.3 Å². The lowest BCUT2D eigenvalue weighted by Crippen LogP contribution is -2.53. The van der Waals surface area contributed by atoms with Gasteiger partial charge in [0.2, 0.25) is 0 Å². The van der Waals surface area contributed by atoms with Crippen LogP contribution in [0.25, 0.3) is 0 Å². The van der Waals surface area contributed by atoms with Gasteiger partial charge < -0.3 is 18.8 Å². The minimum Gasteiger partial charge on any atom is -0.459 e. The van der Waals surface area contributed by atoms with E-state index in [1.165, 1.54) is 0 Å². The van der Waals surface area contributed by atoms with Gasteiger partial charge in [-0.05, 0) is 43.5 Å². The molecule has 0 aromatic carbocycles. The van der Waals surface area contributed by atoms with Gasteiger partial charge >= 0.3 is 0 Å². The number of carbonyl (C=O) groups excluding carboxylic acids is 1. The van der Waals surface area contributed by atoms with E-state index in [0.29, 0.717) is 32.1 Å². The van der Waals surface area contributed by atoms with Crippen LogP contribution < -0.4 is 0 Å². The number of hydrogen-bond donors (Lipinski definition) is 0. The van der Waals surface area contributed by atoms with Crippen LogP contribution >= 0.6 is 0 Å². The number of rotatable bonds is 5. The van der Waals surface area contributed by atoms with Gasteiger partial charge in [-0.15, -0.1) is 0 Å². The van der Waals surface area contributed by atoms with E-state index in [1.54, 1.807) is 18.7 Å². The molecule has 2 aromatic heterocycles. The first-order valence-electron chi connectivity index (χ1n) is 9.10. The topological polar surface area (TPSA) is 64.8 Å². The van der Waals surface area contributed by atoms with Crippen LogP contribution in [0.5, 0.6) is 0 Å². The summed E-state index contributed by atoms with van der Waals surface area (Å²) in [6.45, 7) is 5.09. The number of carbonyl (C=O) groups is 1. The fourth-order valence-corrected chi connectivity index (χ4v) is 4.02. The Morgan fingerprint density at radius 2 is 2.23 bits per heavy atom. The smallest absolute Gasteiger partial charge is 0.289 e. The minimum absolute atomic E-state index is 0.0358. The molecule has 4 rings (SSSR count). The number of hydrogen-bond acceptors (Lipinski definition) is 5. The van der Waals surface area contributed by atoms with Crippen molar-refractivity contribution in [2.45, 2.75) is 32.5 Å². The maximum absolute atomic E-state index is 12.9. The number of ether oxygens (including phenoxy) is 2. The summed E-state index contributed by atoms with van der Waals surface area (Å²) in [6, 6.07) is 5.74. The fraction of sp³-hybridized carbons (Fsp3) is 0.500. The molecule has 0 saturated carbocycles. The average Bonchev–Trinajstić information content (AvgIpc) is 3.27. The highest BCUT2D eigenvalue weighted by Crippen LogP contribution is 2.41. The molecule has 2 saturated heterocycles. The Balaban J connectivity index is 1.44. The molecule has 138 valence electrons. The number of furan rings is 1. The van der Waals surface area contributed by atoms with Gasteiger partial charge in [-0.3, -0.25) is 9.78 Å². The molecule has 6 nitrogen and oxygen atoms in total. The van der Waals surface area contributed by atoms with Crippen LogP contribution in [0.15, 0.2) is 41.3 Å². The molecule has 4 heterocycles. The van der Waals surface area contributed by atoms with Crippen molar-refractivity contribution in [3.05, 3.63) is 53.7 Å². The van der Waals surface area contributed by atoms with E-state index in [9.17, 15) is 4.79 Å². The molecule has 0 bridgehead atoms. The van der Waals surface area contributed by atoms with Crippen molar-refractivity contribution in [3.8, 4) is 0 Å². The Morgan fingerprint density at radius 1 is 1.38 bits per heavy atom. The molecule has 2 fully saturated rings. The molecule has 2 atom stereocenters. The Bertz CT molecular complexity index is 760. The molecule has 2 aromatic rings. The summed E-state index contributed by atoms with van der Waals surface area (Å²) in [7, 11) is 0. The van der Waals surface area contributed by atoms with Crippen LogP contribution in [-0.2, 0) is 16.1 Å². The van der Waals surface area contributed by atoms with Crippen molar-refractivity contribution < 1.29 is 18.7 Å². The number of pyridine rings is 1. The van der Waals surface area contributed by atoms with E-state index in [-0.39, 0.29) is 17.4 Å². The number of aromatic nitrogens is 1. The van der Waals surface area contributed by atoms with E-state index in [2.05, 4.69) is 4.98 Å². The number of amides is 1. The molecule has 26 heavy (non-hydrogen) atoms. The van der Waals surface area contributed by atoms with E-state index in [0.717, 1.165) is 30.6 Å². The largest absolute Gasteiger partial charge is 0.459 e. The summed E-state index contributed by atoms with van der Waals surface area (Å²) in [5.74, 6) is 0.404. The lowest BCUT2D eigenvalue weighted by Gasteiger charge is -2.43. The molecule has 0 N–H and O–H groups in total. The van der Waals surface area contributed by atoms with Gasteiger partial charge in [-0.25, -0.2) is 0 Å². The van der Waals surface area contributed by atoms with E-state index in [4.69, 9.17) is 13.9 Å². The number of likely N-dealkylation sites (tertiary alicyclic amines) is 1. The highest BCUT2D eigenvalue weighted by molar-refractivity contribution is 5.93. The van der Waals surface area contributed by atoms with Gasteiger partial charge in [0.1, 0.15) is 0 Å². The first kappa shape index (κ1) is 17.2. The van der Waals surface area contributed by atoms with Crippen LogP contribution in [0.4, 0.5) is 0 Å². The standard InChI is InChI=1S/C20H24N2O4/c1-15-5-10-26-18(15)19(23)22-9-4-17-20(13-22,6-11-25-17)14-24-12-16-2-7-21-8-3-16/h2-3,5,7-8,10,17H,4,6,9,11-14H2,1H3/t17-,20+/m1/s1. The third-order valence-electron chi connectivity index (χ3n) is 5.52. The SMILES string of the molecule is Cc1ccoc1C(=O)N1CC[C@H]2OCC[C@@]2(COCc2ccncc2)C1. The number of fused-ring (bicyclic) bond motifs is 1. The summed E-state index contributed by atoms with van der Waals surface area (Å²) < 4.78 is 17.4. The molecule has 0 spiro atoms. The maximum atomic E-state index is 12.9. The molecule has 0 unspecified atom stereocenters. The predicted molar refractivity (Wildman–Crippen MR) is 94.6 cm³/mol. The lowest BCUT2D eigenvalue weighted by atomic mass is 9.77. The second kappa shape index (κ2) is 7.21. The second-order valence-electron chi connectivity index (χ2n) is 7.27. The molecular weight excluding hydrogens is 332 g/mol.